The molecule has 0 aromatic carbocycles. The first kappa shape index (κ1) is 4.94. The predicted octanol–water partition coefficient (Wildman–Crippen LogP) is 1.78. The molecule has 7 heavy (non-hydrogen) atoms. The summed E-state index contributed by atoms with van der Waals surface area (Å²) in [6.07, 6.45) is 0. The second kappa shape index (κ2) is 1.72. The zero-order valence-electron chi connectivity index (χ0n) is 3.11. The highest BCUT2D eigenvalue weighted by atomic mass is 35.5. The van der Waals surface area contributed by atoms with Crippen LogP contribution in [0.1, 0.15) is 0 Å². The first-order valence-electron chi connectivity index (χ1n) is 1.49. The summed E-state index contributed by atoms with van der Waals surface area (Å²) in [6.45, 7) is 0. The van der Waals surface area contributed by atoms with Crippen LogP contribution in [0.25, 0.3) is 0 Å². The van der Waals surface area contributed by atoms with Crippen LogP contribution in [0.5, 0.6) is 0 Å². The van der Waals surface area contributed by atoms with E-state index in [1.807, 2.05) is 0 Å². The normalized spacial score (nSPS) is 9.43. The van der Waals surface area contributed by atoms with Gasteiger partial charge in [0.05, 0.1) is 6.07 Å². The molecule has 37 valence electrons. The Balaban J connectivity index is 3.04. The zero-order valence-corrected chi connectivity index (χ0v) is 4.62. The molecule has 1 radical (unpaired) electrons. The van der Waals surface area contributed by atoms with Crippen LogP contribution in [0.4, 0.5) is 0 Å². The summed E-state index contributed by atoms with van der Waals surface area (Å²) < 4.78 is 4.29. The van der Waals surface area contributed by atoms with Crippen molar-refractivity contribution in [2.24, 2.45) is 0 Å². The van der Waals surface area contributed by atoms with Gasteiger partial charge in [-0.05, 0) is 11.6 Å². The van der Waals surface area contributed by atoms with Crippen molar-refractivity contribution >= 4 is 23.2 Å². The van der Waals surface area contributed by atoms with Gasteiger partial charge in [-0.1, -0.05) is 16.8 Å². The summed E-state index contributed by atoms with van der Waals surface area (Å²) in [6, 6.07) is 2.39. The minimum absolute atomic E-state index is 0.0880. The molecule has 0 unspecified atom stereocenters. The molecule has 0 aliphatic carbocycles. The SMILES string of the molecule is Clc1[c]c(Cl)on1. The molecular weight excluding hydrogens is 137 g/mol. The lowest BCUT2D eigenvalue weighted by atomic mass is 10.8. The fraction of sp³-hybridized carbons (Fsp3) is 0. The topological polar surface area (TPSA) is 26.0 Å². The van der Waals surface area contributed by atoms with E-state index >= 15 is 0 Å². The number of aromatic nitrogens is 1. The molecule has 1 aromatic heterocycles. The fourth-order valence-electron chi connectivity index (χ4n) is 0.207. The predicted molar refractivity (Wildman–Crippen MR) is 25.4 cm³/mol. The summed E-state index contributed by atoms with van der Waals surface area (Å²) in [5, 5.41) is 3.46. The standard InChI is InChI=1S/C3Cl2NO/c4-2-1-3(5)7-6-2. The van der Waals surface area contributed by atoms with Crippen molar-refractivity contribution in [2.75, 3.05) is 0 Å². The Morgan fingerprint density at radius 2 is 2.29 bits per heavy atom. The third kappa shape index (κ3) is 1.08. The van der Waals surface area contributed by atoms with Crippen LogP contribution in [-0.2, 0) is 0 Å². The largest absolute Gasteiger partial charge is 0.342 e. The summed E-state index contributed by atoms with van der Waals surface area (Å²) in [4.78, 5) is 0. The average Bonchev–Trinajstić information content (AvgIpc) is 1.87. The van der Waals surface area contributed by atoms with Gasteiger partial charge in [0, 0.05) is 0 Å². The number of hydrogen-bond donors (Lipinski definition) is 0. The van der Waals surface area contributed by atoms with Crippen molar-refractivity contribution in [3.8, 4) is 0 Å². The highest BCUT2D eigenvalue weighted by Crippen LogP contribution is 2.11. The van der Waals surface area contributed by atoms with Crippen LogP contribution in [-0.4, -0.2) is 5.16 Å². The molecule has 0 saturated carbocycles. The summed E-state index contributed by atoms with van der Waals surface area (Å²) in [5.74, 6) is 0. The molecular formula is C3Cl2NO. The molecule has 0 aliphatic heterocycles. The van der Waals surface area contributed by atoms with Crippen LogP contribution in [0, 0.1) is 6.07 Å². The van der Waals surface area contributed by atoms with E-state index in [-0.39, 0.29) is 10.4 Å². The van der Waals surface area contributed by atoms with E-state index in [9.17, 15) is 0 Å². The minimum atomic E-state index is 0.0880. The zero-order chi connectivity index (χ0) is 5.28. The maximum Gasteiger partial charge on any atom is 0.235 e. The molecule has 0 N–H and O–H groups in total. The Kier molecular flexibility index (Phi) is 1.21. The maximum atomic E-state index is 5.22. The Morgan fingerprint density at radius 1 is 1.57 bits per heavy atom. The summed E-state index contributed by atoms with van der Waals surface area (Å²) >= 11 is 10.4. The lowest BCUT2D eigenvalue weighted by Gasteiger charge is -1.61. The van der Waals surface area contributed by atoms with Gasteiger partial charge in [-0.15, -0.1) is 0 Å². The second-order valence-corrected chi connectivity index (χ2v) is 1.57. The quantitative estimate of drug-likeness (QED) is 0.544. The third-order valence-electron chi connectivity index (χ3n) is 0.407. The Hall–Kier alpha value is -0.210. The molecule has 0 spiro atoms. The van der Waals surface area contributed by atoms with Gasteiger partial charge in [-0.2, -0.15) is 0 Å². The van der Waals surface area contributed by atoms with E-state index < -0.39 is 0 Å². The molecule has 0 fully saturated rings. The van der Waals surface area contributed by atoms with Crippen molar-refractivity contribution in [1.82, 2.24) is 5.16 Å². The van der Waals surface area contributed by atoms with Crippen LogP contribution in [0.2, 0.25) is 10.4 Å². The van der Waals surface area contributed by atoms with Crippen LogP contribution >= 0.6 is 23.2 Å². The second-order valence-electron chi connectivity index (χ2n) is 0.872. The highest BCUT2D eigenvalue weighted by molar-refractivity contribution is 6.32. The molecule has 2 nitrogen and oxygen atoms in total. The number of rotatable bonds is 0. The van der Waals surface area contributed by atoms with Gasteiger partial charge in [0.1, 0.15) is 0 Å². The summed E-state index contributed by atoms with van der Waals surface area (Å²) in [5.41, 5.74) is 0. The smallest absolute Gasteiger partial charge is 0.235 e. The lowest BCUT2D eigenvalue weighted by molar-refractivity contribution is 0.422. The Labute approximate surface area is 50.0 Å². The number of nitrogens with zero attached hydrogens (tertiary/aromatic N) is 1. The van der Waals surface area contributed by atoms with Crippen LogP contribution in [0.3, 0.4) is 0 Å². The van der Waals surface area contributed by atoms with Gasteiger partial charge in [-0.25, -0.2) is 0 Å². The van der Waals surface area contributed by atoms with Crippen LogP contribution < -0.4 is 0 Å². The van der Waals surface area contributed by atoms with Crippen molar-refractivity contribution in [1.29, 1.82) is 0 Å². The van der Waals surface area contributed by atoms with Crippen molar-refractivity contribution in [3.63, 3.8) is 0 Å². The molecule has 1 aromatic rings. The number of hydrogen-bond acceptors (Lipinski definition) is 2. The summed E-state index contributed by atoms with van der Waals surface area (Å²) in [7, 11) is 0. The number of halogens is 2. The minimum Gasteiger partial charge on any atom is -0.342 e. The van der Waals surface area contributed by atoms with Gasteiger partial charge in [-0.3, -0.25) is 0 Å². The van der Waals surface area contributed by atoms with Gasteiger partial charge in [0.15, 0.2) is 5.15 Å². The Morgan fingerprint density at radius 3 is 2.43 bits per heavy atom. The van der Waals surface area contributed by atoms with Crippen molar-refractivity contribution < 1.29 is 4.52 Å². The van der Waals surface area contributed by atoms with Crippen molar-refractivity contribution in [2.45, 2.75) is 0 Å². The van der Waals surface area contributed by atoms with Crippen LogP contribution in [0.15, 0.2) is 4.52 Å². The van der Waals surface area contributed by atoms with E-state index in [1.54, 1.807) is 0 Å². The maximum absolute atomic E-state index is 5.22. The molecule has 1 heterocycles. The molecule has 0 saturated heterocycles. The van der Waals surface area contributed by atoms with E-state index in [0.29, 0.717) is 0 Å². The van der Waals surface area contributed by atoms with Gasteiger partial charge < -0.3 is 4.52 Å². The molecule has 0 bridgehead atoms. The fourth-order valence-corrected chi connectivity index (χ4v) is 0.500. The average molecular weight is 137 g/mol. The monoisotopic (exact) mass is 136 g/mol. The molecule has 0 amide bonds. The molecule has 1 rings (SSSR count). The molecule has 0 aliphatic rings. The van der Waals surface area contributed by atoms with E-state index in [0.717, 1.165) is 0 Å². The Bertz CT molecular complexity index is 145. The van der Waals surface area contributed by atoms with E-state index in [2.05, 4.69) is 15.7 Å². The van der Waals surface area contributed by atoms with E-state index in [4.69, 9.17) is 23.2 Å². The third-order valence-corrected chi connectivity index (χ3v) is 0.734. The van der Waals surface area contributed by atoms with Gasteiger partial charge in [0.25, 0.3) is 0 Å². The molecule has 0 atom stereocenters. The first-order chi connectivity index (χ1) is 3.29. The molecule has 4 heteroatoms. The highest BCUT2D eigenvalue weighted by Gasteiger charge is 1.94. The first-order valence-corrected chi connectivity index (χ1v) is 2.24. The van der Waals surface area contributed by atoms with Gasteiger partial charge >= 0.3 is 0 Å². The van der Waals surface area contributed by atoms with Gasteiger partial charge in [0.2, 0.25) is 5.22 Å². The van der Waals surface area contributed by atoms with E-state index in [1.165, 1.54) is 0 Å². The van der Waals surface area contributed by atoms with Crippen molar-refractivity contribution in [3.05, 3.63) is 16.4 Å². The lowest BCUT2D eigenvalue weighted by Crippen LogP contribution is -1.50.